The van der Waals surface area contributed by atoms with Crippen LogP contribution in [0.25, 0.3) is 0 Å². The van der Waals surface area contributed by atoms with Gasteiger partial charge in [-0.25, -0.2) is 12.8 Å². The van der Waals surface area contributed by atoms with Crippen molar-refractivity contribution < 1.29 is 22.4 Å². The van der Waals surface area contributed by atoms with Crippen LogP contribution in [0.5, 0.6) is 0 Å². The molecule has 4 aromatic rings. The van der Waals surface area contributed by atoms with Crippen molar-refractivity contribution in [2.24, 2.45) is 0 Å². The third kappa shape index (κ3) is 7.73. The summed E-state index contributed by atoms with van der Waals surface area (Å²) in [5.41, 5.74) is 2.19. The highest BCUT2D eigenvalue weighted by Crippen LogP contribution is 2.35. The van der Waals surface area contributed by atoms with E-state index in [1.54, 1.807) is 12.1 Å². The number of nitrogens with one attached hydrogen (secondary N) is 1. The number of hydrogen-bond acceptors (Lipinski definition) is 4. The number of nitrogens with zero attached hydrogens (tertiary/aromatic N) is 2. The number of anilines is 1. The highest BCUT2D eigenvalue weighted by molar-refractivity contribution is 7.92. The second kappa shape index (κ2) is 14.0. The Morgan fingerprint density at radius 3 is 2.14 bits per heavy atom. The van der Waals surface area contributed by atoms with Gasteiger partial charge in [0.1, 0.15) is 18.4 Å². The fraction of sp³-hybridized carbons (Fsp3) is 0.188. The fourth-order valence-electron chi connectivity index (χ4n) is 4.54. The third-order valence-corrected chi connectivity index (χ3v) is 9.45. The Bertz CT molecular complexity index is 1690. The lowest BCUT2D eigenvalue weighted by Gasteiger charge is -2.33. The molecule has 0 aliphatic heterocycles. The molecule has 0 heterocycles. The van der Waals surface area contributed by atoms with Crippen molar-refractivity contribution in [2.75, 3.05) is 17.9 Å². The number of hydrogen-bond donors (Lipinski definition) is 1. The summed E-state index contributed by atoms with van der Waals surface area (Å²) in [6.07, 6.45) is 0.149. The molecule has 4 aromatic carbocycles. The summed E-state index contributed by atoms with van der Waals surface area (Å²) >= 11 is 12.8. The van der Waals surface area contributed by atoms with Gasteiger partial charge in [-0.2, -0.15) is 0 Å². The van der Waals surface area contributed by atoms with E-state index >= 15 is 0 Å². The molecule has 1 N–H and O–H groups in total. The van der Waals surface area contributed by atoms with Gasteiger partial charge in [0.25, 0.3) is 10.0 Å². The fourth-order valence-corrected chi connectivity index (χ4v) is 6.42. The van der Waals surface area contributed by atoms with E-state index in [4.69, 9.17) is 23.2 Å². The minimum Gasteiger partial charge on any atom is -0.357 e. The lowest BCUT2D eigenvalue weighted by molar-refractivity contribution is -0.139. The predicted octanol–water partition coefficient (Wildman–Crippen LogP) is 6.02. The van der Waals surface area contributed by atoms with E-state index in [1.807, 2.05) is 37.3 Å². The molecule has 0 saturated carbocycles. The van der Waals surface area contributed by atoms with E-state index in [0.717, 1.165) is 15.4 Å². The molecule has 0 radical (unpaired) electrons. The summed E-state index contributed by atoms with van der Waals surface area (Å²) < 4.78 is 42.7. The molecule has 0 bridgehead atoms. The van der Waals surface area contributed by atoms with Crippen LogP contribution < -0.4 is 9.62 Å². The van der Waals surface area contributed by atoms with Crippen LogP contribution >= 0.6 is 23.2 Å². The van der Waals surface area contributed by atoms with Gasteiger partial charge in [-0.05, 0) is 54.4 Å². The zero-order valence-electron chi connectivity index (χ0n) is 23.5. The number of carbonyl (C=O) groups is 2. The summed E-state index contributed by atoms with van der Waals surface area (Å²) in [7, 11) is -2.88. The van der Waals surface area contributed by atoms with Crippen LogP contribution in [-0.2, 0) is 32.6 Å². The first-order chi connectivity index (χ1) is 20.5. The number of amides is 2. The Labute approximate surface area is 260 Å². The zero-order valence-corrected chi connectivity index (χ0v) is 25.8. The molecular weight excluding hydrogens is 612 g/mol. The van der Waals surface area contributed by atoms with Gasteiger partial charge in [0, 0.05) is 20.0 Å². The van der Waals surface area contributed by atoms with Crippen LogP contribution in [0.2, 0.25) is 10.0 Å². The smallest absolute Gasteiger partial charge is 0.264 e. The van der Waals surface area contributed by atoms with Gasteiger partial charge in [0.2, 0.25) is 11.8 Å². The summed E-state index contributed by atoms with van der Waals surface area (Å²) in [5.74, 6) is -1.59. The van der Waals surface area contributed by atoms with Gasteiger partial charge in [-0.15, -0.1) is 0 Å². The summed E-state index contributed by atoms with van der Waals surface area (Å²) in [6.45, 7) is 1.04. The van der Waals surface area contributed by atoms with Crippen LogP contribution in [0.4, 0.5) is 10.1 Å². The Morgan fingerprint density at radius 1 is 0.860 bits per heavy atom. The molecule has 0 fully saturated rings. The van der Waals surface area contributed by atoms with E-state index in [0.29, 0.717) is 5.56 Å². The second-order valence-electron chi connectivity index (χ2n) is 9.87. The van der Waals surface area contributed by atoms with Crippen molar-refractivity contribution in [2.45, 2.75) is 30.8 Å². The van der Waals surface area contributed by atoms with Crippen LogP contribution in [0, 0.1) is 12.7 Å². The molecule has 0 saturated heterocycles. The standard InChI is InChI=1S/C32H30Cl2FN3O4S/c1-22-11-17-26(18-12-22)43(41,42)38(28-10-6-9-27(33)31(28)34)21-30(39)37(20-24-13-15-25(35)16-14-24)29(32(40)36-2)19-23-7-4-3-5-8-23/h3-18,29H,19-21H2,1-2H3,(H,36,40). The van der Waals surface area contributed by atoms with Crippen molar-refractivity contribution in [3.63, 3.8) is 0 Å². The van der Waals surface area contributed by atoms with E-state index in [9.17, 15) is 22.4 Å². The molecule has 4 rings (SSSR count). The van der Waals surface area contributed by atoms with E-state index in [2.05, 4.69) is 5.32 Å². The minimum absolute atomic E-state index is 0.00405. The Kier molecular flexibility index (Phi) is 10.4. The first kappa shape index (κ1) is 32.0. The van der Waals surface area contributed by atoms with Crippen molar-refractivity contribution in [1.29, 1.82) is 0 Å². The molecule has 1 atom stereocenters. The topological polar surface area (TPSA) is 86.8 Å². The average Bonchev–Trinajstić information content (AvgIpc) is 3.00. The van der Waals surface area contributed by atoms with Crippen LogP contribution in [-0.4, -0.2) is 44.8 Å². The third-order valence-electron chi connectivity index (χ3n) is 6.87. The average molecular weight is 643 g/mol. The van der Waals surface area contributed by atoms with Crippen molar-refractivity contribution in [1.82, 2.24) is 10.2 Å². The number of sulfonamides is 1. The molecule has 0 aromatic heterocycles. The lowest BCUT2D eigenvalue weighted by atomic mass is 10.0. The van der Waals surface area contributed by atoms with Gasteiger partial charge in [0.15, 0.2) is 0 Å². The quantitative estimate of drug-likeness (QED) is 0.217. The van der Waals surface area contributed by atoms with Crippen molar-refractivity contribution in [3.05, 3.63) is 130 Å². The number of likely N-dealkylation sites (N-methyl/N-ethyl adjacent to an activating group) is 1. The van der Waals surface area contributed by atoms with Gasteiger partial charge >= 0.3 is 0 Å². The molecule has 2 amide bonds. The summed E-state index contributed by atoms with van der Waals surface area (Å²) in [6, 6.07) is 24.3. The molecular formula is C32H30Cl2FN3O4S. The first-order valence-corrected chi connectivity index (χ1v) is 15.5. The maximum absolute atomic E-state index is 14.3. The number of rotatable bonds is 11. The van der Waals surface area contributed by atoms with E-state index in [1.165, 1.54) is 66.5 Å². The summed E-state index contributed by atoms with van der Waals surface area (Å²) in [5, 5.41) is 2.67. The monoisotopic (exact) mass is 641 g/mol. The molecule has 0 spiro atoms. The maximum atomic E-state index is 14.3. The van der Waals surface area contributed by atoms with Crippen molar-refractivity contribution in [3.8, 4) is 0 Å². The SMILES string of the molecule is CNC(=O)C(Cc1ccccc1)N(Cc1ccc(F)cc1)C(=O)CN(c1cccc(Cl)c1Cl)S(=O)(=O)c1ccc(C)cc1. The molecule has 1 unspecified atom stereocenters. The molecule has 0 aliphatic carbocycles. The molecule has 7 nitrogen and oxygen atoms in total. The molecule has 11 heteroatoms. The number of benzene rings is 4. The van der Waals surface area contributed by atoms with Crippen LogP contribution in [0.15, 0.2) is 102 Å². The zero-order chi connectivity index (χ0) is 31.1. The minimum atomic E-state index is -4.33. The van der Waals surface area contributed by atoms with Gasteiger partial charge < -0.3 is 10.2 Å². The maximum Gasteiger partial charge on any atom is 0.264 e. The number of carbonyl (C=O) groups excluding carboxylic acids is 2. The largest absolute Gasteiger partial charge is 0.357 e. The predicted molar refractivity (Wildman–Crippen MR) is 167 cm³/mol. The molecule has 43 heavy (non-hydrogen) atoms. The first-order valence-electron chi connectivity index (χ1n) is 13.3. The number of aryl methyl sites for hydroxylation is 1. The van der Waals surface area contributed by atoms with Crippen LogP contribution in [0.3, 0.4) is 0 Å². The lowest BCUT2D eigenvalue weighted by Crippen LogP contribution is -2.53. The normalized spacial score (nSPS) is 11.9. The second-order valence-corrected chi connectivity index (χ2v) is 12.5. The number of halogens is 3. The van der Waals surface area contributed by atoms with Gasteiger partial charge in [-0.1, -0.05) is 89.4 Å². The summed E-state index contributed by atoms with van der Waals surface area (Å²) in [4.78, 5) is 28.8. The Balaban J connectivity index is 1.81. The Morgan fingerprint density at radius 2 is 1.51 bits per heavy atom. The highest BCUT2D eigenvalue weighted by Gasteiger charge is 2.35. The van der Waals surface area contributed by atoms with Gasteiger partial charge in [0.05, 0.1) is 20.6 Å². The highest BCUT2D eigenvalue weighted by atomic mass is 35.5. The van der Waals surface area contributed by atoms with Gasteiger partial charge in [-0.3, -0.25) is 13.9 Å². The van der Waals surface area contributed by atoms with Crippen molar-refractivity contribution >= 4 is 50.7 Å². The molecule has 224 valence electrons. The molecule has 0 aliphatic rings. The van der Waals surface area contributed by atoms with E-state index < -0.39 is 40.2 Å². The van der Waals surface area contributed by atoms with Crippen LogP contribution in [0.1, 0.15) is 16.7 Å². The Hall–Kier alpha value is -3.92. The van der Waals surface area contributed by atoms with E-state index in [-0.39, 0.29) is 33.6 Å².